The van der Waals surface area contributed by atoms with E-state index in [1.807, 2.05) is 13.8 Å². The first-order chi connectivity index (χ1) is 20.3. The van der Waals surface area contributed by atoms with Crippen LogP contribution in [0.25, 0.3) is 11.3 Å². The number of fused-ring (bicyclic) bond motifs is 2. The molecule has 1 aliphatic heterocycles. The zero-order valence-electron chi connectivity index (χ0n) is 25.1. The monoisotopic (exact) mass is 614 g/mol. The summed E-state index contributed by atoms with van der Waals surface area (Å²) in [6.45, 7) is 10.5. The number of amides is 3. The summed E-state index contributed by atoms with van der Waals surface area (Å²) in [6.07, 6.45) is 1.06. The van der Waals surface area contributed by atoms with Crippen LogP contribution in [0.15, 0.2) is 38.1 Å². The molecule has 3 atom stereocenters. The van der Waals surface area contributed by atoms with Crippen LogP contribution in [0.5, 0.6) is 0 Å². The molecule has 14 heteroatoms. The minimum Gasteiger partial charge on any atom is -0.443 e. The smallest absolute Gasteiger partial charge is 0.274 e. The number of nitrogens with zero attached hydrogens (tertiary/aromatic N) is 2. The lowest BCUT2D eigenvalue weighted by molar-refractivity contribution is -0.124. The molecule has 3 amide bonds. The van der Waals surface area contributed by atoms with Crippen LogP contribution < -0.4 is 20.7 Å². The van der Waals surface area contributed by atoms with Gasteiger partial charge in [0.2, 0.25) is 27.7 Å². The van der Waals surface area contributed by atoms with Crippen LogP contribution in [0, 0.1) is 26.7 Å². The molecular weight excluding hydrogens is 576 g/mol. The van der Waals surface area contributed by atoms with Gasteiger partial charge in [-0.3, -0.25) is 14.4 Å². The van der Waals surface area contributed by atoms with Crippen molar-refractivity contribution in [2.24, 2.45) is 5.92 Å². The molecule has 1 aliphatic rings. The Labute approximate surface area is 250 Å². The lowest BCUT2D eigenvalue weighted by Crippen LogP contribution is -2.48. The van der Waals surface area contributed by atoms with Crippen molar-refractivity contribution >= 4 is 27.7 Å². The number of aryl methyl sites for hydroxylation is 3. The van der Waals surface area contributed by atoms with Gasteiger partial charge in [0.25, 0.3) is 5.91 Å². The second-order valence-corrected chi connectivity index (χ2v) is 12.8. The van der Waals surface area contributed by atoms with Crippen LogP contribution in [0.1, 0.15) is 79.5 Å². The second-order valence-electron chi connectivity index (χ2n) is 11.2. The van der Waals surface area contributed by atoms with Gasteiger partial charge < -0.3 is 24.9 Å². The topological polar surface area (TPSA) is 186 Å². The third kappa shape index (κ3) is 7.49. The zero-order chi connectivity index (χ0) is 31.5. The molecule has 43 heavy (non-hydrogen) atoms. The molecule has 3 aromatic rings. The van der Waals surface area contributed by atoms with Gasteiger partial charge >= 0.3 is 0 Å². The molecular formula is C29H38N6O7S. The maximum atomic E-state index is 13.7. The number of rotatable bonds is 5. The average molecular weight is 615 g/mol. The molecule has 4 N–H and O–H groups in total. The first kappa shape index (κ1) is 31.9. The first-order valence-corrected chi connectivity index (χ1v) is 15.7. The molecule has 0 fully saturated rings. The maximum Gasteiger partial charge on any atom is 0.274 e. The van der Waals surface area contributed by atoms with Gasteiger partial charge in [-0.1, -0.05) is 31.1 Å². The molecule has 0 saturated heterocycles. The Morgan fingerprint density at radius 3 is 2.44 bits per heavy atom. The van der Waals surface area contributed by atoms with Crippen molar-refractivity contribution in [2.75, 3.05) is 6.54 Å². The van der Waals surface area contributed by atoms with E-state index in [0.29, 0.717) is 35.4 Å². The number of oxazole rings is 1. The predicted octanol–water partition coefficient (Wildman–Crippen LogP) is 2.83. The van der Waals surface area contributed by atoms with Gasteiger partial charge in [0.05, 0.1) is 10.6 Å². The summed E-state index contributed by atoms with van der Waals surface area (Å²) >= 11 is 0. The van der Waals surface area contributed by atoms with Gasteiger partial charge in [-0.15, -0.1) is 0 Å². The number of carbonyl (C=O) groups is 3. The van der Waals surface area contributed by atoms with Crippen LogP contribution in [0.2, 0.25) is 0 Å². The Hall–Kier alpha value is -4.04. The van der Waals surface area contributed by atoms with Gasteiger partial charge in [-0.05, 0) is 64.5 Å². The van der Waals surface area contributed by atoms with Crippen LogP contribution in [0.4, 0.5) is 0 Å². The Balaban J connectivity index is 1.66. The number of sulfonamides is 1. The fourth-order valence-electron chi connectivity index (χ4n) is 4.73. The first-order valence-electron chi connectivity index (χ1n) is 14.2. The molecule has 2 bridgehead atoms. The highest BCUT2D eigenvalue weighted by atomic mass is 32.2. The third-order valence-electron chi connectivity index (χ3n) is 7.22. The Bertz CT molecular complexity index is 1610. The fraction of sp³-hybridized carbons (Fsp3) is 0.483. The van der Waals surface area contributed by atoms with Gasteiger partial charge in [0.15, 0.2) is 11.5 Å². The Morgan fingerprint density at radius 1 is 1.02 bits per heavy atom. The maximum absolute atomic E-state index is 13.7. The lowest BCUT2D eigenvalue weighted by Gasteiger charge is -2.24. The van der Waals surface area contributed by atoms with Gasteiger partial charge in [-0.2, -0.15) is 4.72 Å². The van der Waals surface area contributed by atoms with E-state index in [4.69, 9.17) is 8.94 Å². The summed E-state index contributed by atoms with van der Waals surface area (Å²) in [4.78, 5) is 43.4. The summed E-state index contributed by atoms with van der Waals surface area (Å²) in [7, 11) is -4.18. The minimum atomic E-state index is -4.18. The quantitative estimate of drug-likeness (QED) is 0.335. The van der Waals surface area contributed by atoms with E-state index in [2.05, 4.69) is 30.8 Å². The number of hydrogen-bond donors (Lipinski definition) is 4. The van der Waals surface area contributed by atoms with E-state index in [-0.39, 0.29) is 47.0 Å². The summed E-state index contributed by atoms with van der Waals surface area (Å²) < 4.78 is 41.1. The molecule has 0 aliphatic carbocycles. The van der Waals surface area contributed by atoms with Crippen LogP contribution in [0.3, 0.4) is 0 Å². The van der Waals surface area contributed by atoms with Crippen LogP contribution in [-0.2, 0) is 19.6 Å². The standard InChI is InChI=1S/C29H38N6O7S/c1-15(2)24-29-33-25(19(6)41-29)28(38)31-18(5)26(36)30-12-8-7-9-21(27(37)32-24)35-43(39,40)23-14-20(11-10-16(23)3)22-13-17(4)34-42-22/h10-11,13-15,18,21,24,35H,7-9,12H2,1-6H3,(H,30,36)(H,31,38)(H,32,37)/t18-,21+,24+/m1/s1. The molecule has 13 nitrogen and oxygen atoms in total. The second kappa shape index (κ2) is 13.1. The minimum absolute atomic E-state index is 0.000338. The largest absolute Gasteiger partial charge is 0.443 e. The normalized spacial score (nSPS) is 20.9. The Kier molecular flexibility index (Phi) is 9.70. The third-order valence-corrected chi connectivity index (χ3v) is 8.84. The van der Waals surface area contributed by atoms with Crippen molar-refractivity contribution in [3.63, 3.8) is 0 Å². The summed E-state index contributed by atoms with van der Waals surface area (Å²) in [5.41, 5.74) is 1.66. The zero-order valence-corrected chi connectivity index (χ0v) is 25.9. The lowest BCUT2D eigenvalue weighted by atomic mass is 10.0. The van der Waals surface area contributed by atoms with Crippen LogP contribution in [-0.4, -0.2) is 54.9 Å². The average Bonchev–Trinajstić information content (AvgIpc) is 3.55. The van der Waals surface area contributed by atoms with E-state index in [1.54, 1.807) is 45.9 Å². The molecule has 4 rings (SSSR count). The van der Waals surface area contributed by atoms with E-state index in [1.165, 1.54) is 6.07 Å². The number of hydrogen-bond acceptors (Lipinski definition) is 9. The van der Waals surface area contributed by atoms with Crippen molar-refractivity contribution in [3.05, 3.63) is 52.9 Å². The van der Waals surface area contributed by atoms with Gasteiger partial charge in [0.1, 0.15) is 23.9 Å². The summed E-state index contributed by atoms with van der Waals surface area (Å²) in [5.74, 6) is -1.02. The number of carbonyl (C=O) groups excluding carboxylic acids is 3. The highest BCUT2D eigenvalue weighted by molar-refractivity contribution is 7.89. The highest BCUT2D eigenvalue weighted by Crippen LogP contribution is 2.27. The van der Waals surface area contributed by atoms with Crippen LogP contribution >= 0.6 is 0 Å². The van der Waals surface area contributed by atoms with E-state index in [0.717, 1.165) is 0 Å². The Morgan fingerprint density at radius 2 is 1.77 bits per heavy atom. The number of aromatic nitrogens is 2. The molecule has 3 heterocycles. The van der Waals surface area contributed by atoms with E-state index < -0.39 is 40.0 Å². The van der Waals surface area contributed by atoms with Gasteiger partial charge in [-0.25, -0.2) is 13.4 Å². The molecule has 232 valence electrons. The van der Waals surface area contributed by atoms with E-state index in [9.17, 15) is 22.8 Å². The van der Waals surface area contributed by atoms with Crippen molar-refractivity contribution in [1.82, 2.24) is 30.8 Å². The molecule has 0 saturated carbocycles. The van der Waals surface area contributed by atoms with Crippen molar-refractivity contribution in [3.8, 4) is 11.3 Å². The number of benzene rings is 1. The molecule has 0 radical (unpaired) electrons. The summed E-state index contributed by atoms with van der Waals surface area (Å²) in [6, 6.07) is 3.87. The molecule has 0 spiro atoms. The fourth-order valence-corrected chi connectivity index (χ4v) is 6.23. The SMILES string of the molecule is Cc1cc(-c2ccc(C)c(S(=O)(=O)N[C@H]3CCCCNC(=O)[C@@H](C)NC(=O)c4nc(oc4C)[C@H](C(C)C)NC3=O)c2)on1. The highest BCUT2D eigenvalue weighted by Gasteiger charge is 2.33. The van der Waals surface area contributed by atoms with E-state index >= 15 is 0 Å². The molecule has 2 aromatic heterocycles. The van der Waals surface area contributed by atoms with Gasteiger partial charge in [0, 0.05) is 18.2 Å². The molecule has 0 unspecified atom stereocenters. The van der Waals surface area contributed by atoms with Crippen molar-refractivity contribution in [2.45, 2.75) is 83.8 Å². The molecule has 1 aromatic carbocycles. The van der Waals surface area contributed by atoms with Crippen molar-refractivity contribution < 1.29 is 31.7 Å². The predicted molar refractivity (Wildman–Crippen MR) is 156 cm³/mol. The number of nitrogens with one attached hydrogen (secondary N) is 4. The summed E-state index contributed by atoms with van der Waals surface area (Å²) in [5, 5.41) is 12.1. The van der Waals surface area contributed by atoms with Crippen molar-refractivity contribution in [1.29, 1.82) is 0 Å².